The van der Waals surface area contributed by atoms with E-state index in [1.165, 1.54) is 6.42 Å². The first-order valence-electron chi connectivity index (χ1n) is 8.04. The molecule has 0 bridgehead atoms. The Morgan fingerprint density at radius 2 is 2.35 bits per heavy atom. The summed E-state index contributed by atoms with van der Waals surface area (Å²) in [5.74, 6) is 2.35. The summed E-state index contributed by atoms with van der Waals surface area (Å²) in [6, 6.07) is 5.75. The van der Waals surface area contributed by atoms with Gasteiger partial charge < -0.3 is 20.1 Å². The molecule has 2 aliphatic rings. The van der Waals surface area contributed by atoms with Gasteiger partial charge in [-0.05, 0) is 62.0 Å². The Labute approximate surface area is 143 Å². The number of nitrogens with one attached hydrogen (secondary N) is 2. The number of rotatable bonds is 5. The number of carbonyl (C=O) groups excluding carboxylic acids is 1. The van der Waals surface area contributed by atoms with Crippen LogP contribution in [0.4, 0.5) is 0 Å². The number of fused-ring (bicyclic) bond motifs is 1. The zero-order valence-corrected chi connectivity index (χ0v) is 14.3. The van der Waals surface area contributed by atoms with Crippen LogP contribution in [0.25, 0.3) is 0 Å². The van der Waals surface area contributed by atoms with Gasteiger partial charge in [0.2, 0.25) is 5.91 Å². The summed E-state index contributed by atoms with van der Waals surface area (Å²) in [6.45, 7) is 3.39. The molecule has 2 heterocycles. The van der Waals surface area contributed by atoms with Gasteiger partial charge in [0.05, 0.1) is 13.0 Å². The second-order valence-electron chi connectivity index (χ2n) is 6.12. The second-order valence-corrected chi connectivity index (χ2v) is 6.12. The number of ether oxygens (including phenoxy) is 2. The van der Waals surface area contributed by atoms with Gasteiger partial charge in [0.1, 0.15) is 18.1 Å². The van der Waals surface area contributed by atoms with Crippen LogP contribution in [0.1, 0.15) is 18.4 Å². The summed E-state index contributed by atoms with van der Waals surface area (Å²) in [5.41, 5.74) is 1.05. The van der Waals surface area contributed by atoms with E-state index < -0.39 is 0 Å². The fraction of sp³-hybridized carbons (Fsp3) is 0.588. The number of methoxy groups -OCH3 is 1. The molecule has 2 unspecified atom stereocenters. The lowest BCUT2D eigenvalue weighted by molar-refractivity contribution is -0.126. The Kier molecular flexibility index (Phi) is 6.54. The van der Waals surface area contributed by atoms with E-state index in [4.69, 9.17) is 9.47 Å². The SMILES string of the molecule is COc1ccc2c(c1)CC(C(=O)NCCC1CCNC1)CO2.Cl. The largest absolute Gasteiger partial charge is 0.497 e. The molecular weight excluding hydrogens is 316 g/mol. The maximum absolute atomic E-state index is 12.3. The molecule has 128 valence electrons. The number of benzene rings is 1. The van der Waals surface area contributed by atoms with Gasteiger partial charge in [-0.2, -0.15) is 0 Å². The minimum atomic E-state index is -0.110. The van der Waals surface area contributed by atoms with Gasteiger partial charge >= 0.3 is 0 Å². The first kappa shape index (κ1) is 17.9. The molecule has 2 aliphatic heterocycles. The molecule has 0 aliphatic carbocycles. The molecule has 0 radical (unpaired) electrons. The maximum Gasteiger partial charge on any atom is 0.226 e. The van der Waals surface area contributed by atoms with Gasteiger partial charge in [0.25, 0.3) is 0 Å². The van der Waals surface area contributed by atoms with Crippen molar-refractivity contribution in [2.75, 3.05) is 33.4 Å². The van der Waals surface area contributed by atoms with E-state index in [1.54, 1.807) is 7.11 Å². The average Bonchev–Trinajstić information content (AvgIpc) is 3.07. The molecule has 23 heavy (non-hydrogen) atoms. The van der Waals surface area contributed by atoms with Crippen LogP contribution in [0.5, 0.6) is 11.5 Å². The van der Waals surface area contributed by atoms with Crippen LogP contribution in [0.15, 0.2) is 18.2 Å². The Bertz CT molecular complexity index is 533. The molecule has 1 amide bonds. The quantitative estimate of drug-likeness (QED) is 0.858. The van der Waals surface area contributed by atoms with Gasteiger partial charge in [-0.25, -0.2) is 0 Å². The molecule has 1 aromatic rings. The number of halogens is 1. The van der Waals surface area contributed by atoms with Gasteiger partial charge in [0, 0.05) is 6.54 Å². The van der Waals surface area contributed by atoms with Crippen molar-refractivity contribution in [3.63, 3.8) is 0 Å². The third-order valence-corrected chi connectivity index (χ3v) is 4.56. The van der Waals surface area contributed by atoms with E-state index in [9.17, 15) is 4.79 Å². The fourth-order valence-corrected chi connectivity index (χ4v) is 3.17. The highest BCUT2D eigenvalue weighted by Crippen LogP contribution is 2.30. The first-order valence-corrected chi connectivity index (χ1v) is 8.04. The molecule has 0 saturated carbocycles. The lowest BCUT2D eigenvalue weighted by atomic mass is 9.95. The van der Waals surface area contributed by atoms with Crippen LogP contribution >= 0.6 is 12.4 Å². The van der Waals surface area contributed by atoms with E-state index in [1.807, 2.05) is 18.2 Å². The predicted octanol–water partition coefficient (Wildman–Crippen LogP) is 1.78. The number of hydrogen-bond acceptors (Lipinski definition) is 4. The van der Waals surface area contributed by atoms with Crippen molar-refractivity contribution in [2.45, 2.75) is 19.3 Å². The van der Waals surface area contributed by atoms with Crippen molar-refractivity contribution >= 4 is 18.3 Å². The highest BCUT2D eigenvalue weighted by Gasteiger charge is 2.26. The Hall–Kier alpha value is -1.46. The third kappa shape index (κ3) is 4.52. The van der Waals surface area contributed by atoms with Crippen LogP contribution in [0, 0.1) is 11.8 Å². The number of amides is 1. The molecule has 0 spiro atoms. The van der Waals surface area contributed by atoms with Crippen molar-refractivity contribution in [2.24, 2.45) is 11.8 Å². The van der Waals surface area contributed by atoms with E-state index in [2.05, 4.69) is 10.6 Å². The van der Waals surface area contributed by atoms with E-state index in [0.29, 0.717) is 18.9 Å². The molecule has 2 N–H and O–H groups in total. The van der Waals surface area contributed by atoms with Gasteiger partial charge in [-0.1, -0.05) is 0 Å². The van der Waals surface area contributed by atoms with Crippen LogP contribution in [-0.2, 0) is 11.2 Å². The van der Waals surface area contributed by atoms with E-state index >= 15 is 0 Å². The van der Waals surface area contributed by atoms with Gasteiger partial charge in [0.15, 0.2) is 0 Å². The fourth-order valence-electron chi connectivity index (χ4n) is 3.17. The molecule has 1 fully saturated rings. The molecule has 1 aromatic carbocycles. The molecule has 2 atom stereocenters. The Morgan fingerprint density at radius 3 is 3.09 bits per heavy atom. The smallest absolute Gasteiger partial charge is 0.226 e. The standard InChI is InChI=1S/C17H24N2O3.ClH/c1-21-15-2-3-16-13(9-15)8-14(11-22-16)17(20)19-7-5-12-4-6-18-10-12;/h2-3,9,12,14,18H,4-8,10-11H2,1H3,(H,19,20);1H. The van der Waals surface area contributed by atoms with Crippen LogP contribution in [0.3, 0.4) is 0 Å². The second kappa shape index (κ2) is 8.41. The Morgan fingerprint density at radius 1 is 1.48 bits per heavy atom. The van der Waals surface area contributed by atoms with Gasteiger partial charge in [-0.15, -0.1) is 12.4 Å². The topological polar surface area (TPSA) is 59.6 Å². The molecule has 5 nitrogen and oxygen atoms in total. The van der Waals surface area contributed by atoms with E-state index in [0.717, 1.165) is 43.1 Å². The summed E-state index contributed by atoms with van der Waals surface area (Å²) < 4.78 is 10.9. The molecule has 3 rings (SSSR count). The highest BCUT2D eigenvalue weighted by molar-refractivity contribution is 5.85. The lowest BCUT2D eigenvalue weighted by Gasteiger charge is -2.25. The molecular formula is C17H25ClN2O3. The average molecular weight is 341 g/mol. The summed E-state index contributed by atoms with van der Waals surface area (Å²) in [4.78, 5) is 12.3. The monoisotopic (exact) mass is 340 g/mol. The van der Waals surface area contributed by atoms with Crippen LogP contribution in [0.2, 0.25) is 0 Å². The van der Waals surface area contributed by atoms with Crippen LogP contribution < -0.4 is 20.1 Å². The first-order chi connectivity index (χ1) is 10.8. The third-order valence-electron chi connectivity index (χ3n) is 4.56. The minimum absolute atomic E-state index is 0. The van der Waals surface area contributed by atoms with Crippen LogP contribution in [-0.4, -0.2) is 39.3 Å². The maximum atomic E-state index is 12.3. The molecule has 1 saturated heterocycles. The summed E-state index contributed by atoms with van der Waals surface area (Å²) in [6.07, 6.45) is 2.98. The van der Waals surface area contributed by atoms with Crippen molar-refractivity contribution < 1.29 is 14.3 Å². The van der Waals surface area contributed by atoms with Crippen molar-refractivity contribution in [1.82, 2.24) is 10.6 Å². The summed E-state index contributed by atoms with van der Waals surface area (Å²) in [5, 5.41) is 6.41. The Balaban J connectivity index is 0.00000192. The molecule has 0 aromatic heterocycles. The predicted molar refractivity (Wildman–Crippen MR) is 91.5 cm³/mol. The van der Waals surface area contributed by atoms with E-state index in [-0.39, 0.29) is 24.2 Å². The normalized spacial score (nSPS) is 22.5. The minimum Gasteiger partial charge on any atom is -0.497 e. The molecule has 6 heteroatoms. The zero-order valence-electron chi connectivity index (χ0n) is 13.5. The van der Waals surface area contributed by atoms with Gasteiger partial charge in [-0.3, -0.25) is 4.79 Å². The summed E-state index contributed by atoms with van der Waals surface area (Å²) >= 11 is 0. The zero-order chi connectivity index (χ0) is 15.4. The van der Waals surface area contributed by atoms with Crippen molar-refractivity contribution in [3.05, 3.63) is 23.8 Å². The van der Waals surface area contributed by atoms with Crippen molar-refractivity contribution in [3.8, 4) is 11.5 Å². The number of hydrogen-bond donors (Lipinski definition) is 2. The highest BCUT2D eigenvalue weighted by atomic mass is 35.5. The lowest BCUT2D eigenvalue weighted by Crippen LogP contribution is -2.38. The summed E-state index contributed by atoms with van der Waals surface area (Å²) in [7, 11) is 1.65. The van der Waals surface area contributed by atoms with Crippen molar-refractivity contribution in [1.29, 1.82) is 0 Å². The number of carbonyl (C=O) groups is 1.